The Morgan fingerprint density at radius 1 is 1.50 bits per heavy atom. The summed E-state index contributed by atoms with van der Waals surface area (Å²) in [5, 5.41) is 21.8. The molecule has 1 fully saturated rings. The first-order chi connectivity index (χ1) is 11.5. The van der Waals surface area contributed by atoms with Gasteiger partial charge in [0.1, 0.15) is 17.6 Å². The third kappa shape index (κ3) is 2.96. The molecule has 0 bridgehead atoms. The van der Waals surface area contributed by atoms with E-state index in [9.17, 15) is 19.6 Å². The molecule has 2 heterocycles. The van der Waals surface area contributed by atoms with Crippen molar-refractivity contribution in [2.45, 2.75) is 18.9 Å². The highest BCUT2D eigenvalue weighted by Gasteiger charge is 2.32. The molecular formula is C16H19FN4O3. The third-order valence-electron chi connectivity index (χ3n) is 4.52. The van der Waals surface area contributed by atoms with Crippen molar-refractivity contribution in [1.29, 1.82) is 0 Å². The van der Waals surface area contributed by atoms with Crippen LogP contribution in [0.5, 0.6) is 0 Å². The van der Waals surface area contributed by atoms with Crippen LogP contribution in [-0.4, -0.2) is 32.7 Å². The van der Waals surface area contributed by atoms with E-state index >= 15 is 0 Å². The molecule has 128 valence electrons. The molecule has 2 unspecified atom stereocenters. The molecule has 2 atom stereocenters. The van der Waals surface area contributed by atoms with Gasteiger partial charge in [0.2, 0.25) is 5.82 Å². The summed E-state index contributed by atoms with van der Waals surface area (Å²) in [6.45, 7) is 1.01. The predicted octanol–water partition coefficient (Wildman–Crippen LogP) is 2.42. The maximum Gasteiger partial charge on any atom is 0.327 e. The first-order valence-electron chi connectivity index (χ1n) is 7.82. The molecule has 0 amide bonds. The number of benzene rings is 1. The molecule has 1 aromatic heterocycles. The van der Waals surface area contributed by atoms with Gasteiger partial charge in [-0.2, -0.15) is 4.39 Å². The van der Waals surface area contributed by atoms with Gasteiger partial charge in [-0.05, 0) is 25.0 Å². The summed E-state index contributed by atoms with van der Waals surface area (Å²) in [5.74, 6) is -0.400. The number of hydrogen-bond donors (Lipinski definition) is 1. The van der Waals surface area contributed by atoms with Crippen molar-refractivity contribution in [3.8, 4) is 0 Å². The van der Waals surface area contributed by atoms with Crippen LogP contribution < -0.4 is 4.90 Å². The molecule has 8 heteroatoms. The minimum atomic E-state index is -0.843. The maximum absolute atomic E-state index is 13.9. The first kappa shape index (κ1) is 16.4. The second-order valence-corrected chi connectivity index (χ2v) is 6.05. The fourth-order valence-corrected chi connectivity index (χ4v) is 3.30. The number of imidazole rings is 1. The van der Waals surface area contributed by atoms with Crippen LogP contribution in [0.25, 0.3) is 0 Å². The smallest absolute Gasteiger partial charge is 0.327 e. The van der Waals surface area contributed by atoms with Gasteiger partial charge < -0.3 is 14.6 Å². The van der Waals surface area contributed by atoms with Gasteiger partial charge in [0, 0.05) is 38.4 Å². The molecule has 0 aliphatic carbocycles. The van der Waals surface area contributed by atoms with Crippen LogP contribution >= 0.6 is 0 Å². The summed E-state index contributed by atoms with van der Waals surface area (Å²) in [5.41, 5.74) is -0.249. The van der Waals surface area contributed by atoms with Crippen LogP contribution in [0.3, 0.4) is 0 Å². The zero-order chi connectivity index (χ0) is 17.3. The second kappa shape index (κ2) is 6.56. The van der Waals surface area contributed by atoms with E-state index in [1.54, 1.807) is 27.9 Å². The Labute approximate surface area is 138 Å². The number of aliphatic hydroxyl groups excluding tert-OH is 1. The van der Waals surface area contributed by atoms with Gasteiger partial charge in [-0.3, -0.25) is 10.1 Å². The summed E-state index contributed by atoms with van der Waals surface area (Å²) >= 11 is 0. The molecule has 1 aliphatic rings. The second-order valence-electron chi connectivity index (χ2n) is 6.05. The summed E-state index contributed by atoms with van der Waals surface area (Å²) in [7, 11) is 1.81. The van der Waals surface area contributed by atoms with Crippen molar-refractivity contribution in [1.82, 2.24) is 9.55 Å². The largest absolute Gasteiger partial charge is 0.385 e. The molecule has 1 aliphatic heterocycles. The highest BCUT2D eigenvalue weighted by atomic mass is 19.1. The van der Waals surface area contributed by atoms with Gasteiger partial charge >= 0.3 is 5.69 Å². The van der Waals surface area contributed by atoms with Crippen molar-refractivity contribution in [2.75, 3.05) is 18.0 Å². The number of nitro benzene ring substituents is 1. The first-order valence-corrected chi connectivity index (χ1v) is 7.82. The number of aryl methyl sites for hydroxylation is 1. The van der Waals surface area contributed by atoms with E-state index in [0.29, 0.717) is 18.9 Å². The molecule has 0 radical (unpaired) electrons. The van der Waals surface area contributed by atoms with Gasteiger partial charge in [0.25, 0.3) is 0 Å². The topological polar surface area (TPSA) is 84.4 Å². The highest BCUT2D eigenvalue weighted by Crippen LogP contribution is 2.36. The van der Waals surface area contributed by atoms with Gasteiger partial charge in [0.05, 0.1) is 4.92 Å². The van der Waals surface area contributed by atoms with E-state index in [0.717, 1.165) is 18.9 Å². The lowest BCUT2D eigenvalue weighted by molar-refractivity contribution is -0.386. The van der Waals surface area contributed by atoms with E-state index in [2.05, 4.69) is 4.98 Å². The Hall–Kier alpha value is -2.48. The quantitative estimate of drug-likeness (QED) is 0.686. The lowest BCUT2D eigenvalue weighted by Crippen LogP contribution is -2.38. The van der Waals surface area contributed by atoms with Crippen LogP contribution in [-0.2, 0) is 7.05 Å². The van der Waals surface area contributed by atoms with Crippen molar-refractivity contribution in [3.63, 3.8) is 0 Å². The third-order valence-corrected chi connectivity index (χ3v) is 4.52. The Bertz CT molecular complexity index is 749. The number of para-hydroxylation sites is 1. The van der Waals surface area contributed by atoms with E-state index in [1.165, 1.54) is 6.07 Å². The summed E-state index contributed by atoms with van der Waals surface area (Å²) < 4.78 is 15.6. The van der Waals surface area contributed by atoms with Gasteiger partial charge in [-0.15, -0.1) is 0 Å². The Kier molecular flexibility index (Phi) is 4.48. The molecule has 1 N–H and O–H groups in total. The fraction of sp³-hybridized carbons (Fsp3) is 0.438. The zero-order valence-corrected chi connectivity index (χ0v) is 13.3. The number of nitro groups is 1. The molecule has 1 saturated heterocycles. The number of anilines is 1. The van der Waals surface area contributed by atoms with Crippen LogP contribution in [0.1, 0.15) is 24.8 Å². The normalized spacial score (nSPS) is 19.3. The van der Waals surface area contributed by atoms with Crippen molar-refractivity contribution in [3.05, 3.63) is 52.3 Å². The molecule has 24 heavy (non-hydrogen) atoms. The van der Waals surface area contributed by atoms with Crippen LogP contribution in [0, 0.1) is 21.8 Å². The molecule has 0 spiro atoms. The number of aliphatic hydroxyl groups is 1. The number of aromatic nitrogens is 2. The molecule has 2 aromatic rings. The van der Waals surface area contributed by atoms with Crippen LogP contribution in [0.4, 0.5) is 15.8 Å². The van der Waals surface area contributed by atoms with E-state index in [1.807, 2.05) is 7.05 Å². The van der Waals surface area contributed by atoms with Crippen molar-refractivity contribution in [2.24, 2.45) is 13.0 Å². The zero-order valence-electron chi connectivity index (χ0n) is 13.3. The Morgan fingerprint density at radius 2 is 2.29 bits per heavy atom. The lowest BCUT2D eigenvalue weighted by atomic mass is 9.91. The molecular weight excluding hydrogens is 315 g/mol. The summed E-state index contributed by atoms with van der Waals surface area (Å²) in [4.78, 5) is 16.5. The monoisotopic (exact) mass is 334 g/mol. The van der Waals surface area contributed by atoms with Gasteiger partial charge in [-0.25, -0.2) is 4.98 Å². The number of rotatable bonds is 4. The van der Waals surface area contributed by atoms with Crippen LogP contribution in [0.2, 0.25) is 0 Å². The van der Waals surface area contributed by atoms with Gasteiger partial charge in [0.15, 0.2) is 0 Å². The number of halogens is 1. The average Bonchev–Trinajstić information content (AvgIpc) is 2.99. The van der Waals surface area contributed by atoms with Crippen molar-refractivity contribution >= 4 is 11.4 Å². The molecule has 0 saturated carbocycles. The minimum Gasteiger partial charge on any atom is -0.385 e. The highest BCUT2D eigenvalue weighted by molar-refractivity contribution is 5.64. The Morgan fingerprint density at radius 3 is 2.96 bits per heavy atom. The van der Waals surface area contributed by atoms with E-state index < -0.39 is 22.5 Å². The number of nitrogens with zero attached hydrogens (tertiary/aromatic N) is 4. The SMILES string of the molecule is Cn1ccnc1C(O)C1CCCN(c2cccc(F)c2[N+](=O)[O-])C1. The fourth-order valence-electron chi connectivity index (χ4n) is 3.30. The number of hydrogen-bond acceptors (Lipinski definition) is 5. The average molecular weight is 334 g/mol. The van der Waals surface area contributed by atoms with E-state index in [4.69, 9.17) is 0 Å². The Balaban J connectivity index is 1.86. The van der Waals surface area contributed by atoms with Gasteiger partial charge in [-0.1, -0.05) is 6.07 Å². The standard InChI is InChI=1S/C16H19FN4O3/c1-19-9-7-18-16(19)15(22)11-4-3-8-20(10-11)13-6-2-5-12(17)14(13)21(23)24/h2,5-7,9,11,15,22H,3-4,8,10H2,1H3. The molecule has 3 rings (SSSR count). The number of piperidine rings is 1. The van der Waals surface area contributed by atoms with Crippen LogP contribution in [0.15, 0.2) is 30.6 Å². The summed E-state index contributed by atoms with van der Waals surface area (Å²) in [6.07, 6.45) is 4.17. The maximum atomic E-state index is 13.9. The predicted molar refractivity (Wildman–Crippen MR) is 86.2 cm³/mol. The molecule has 1 aromatic carbocycles. The van der Waals surface area contributed by atoms with Crippen molar-refractivity contribution < 1.29 is 14.4 Å². The minimum absolute atomic E-state index is 0.122. The molecule has 7 nitrogen and oxygen atoms in total. The van der Waals surface area contributed by atoms with E-state index in [-0.39, 0.29) is 11.6 Å². The lowest BCUT2D eigenvalue weighted by Gasteiger charge is -2.36. The summed E-state index contributed by atoms with van der Waals surface area (Å²) in [6, 6.07) is 4.11.